The Labute approximate surface area is 199 Å². The number of nitrogens with one attached hydrogen (secondary N) is 1. The van der Waals surface area contributed by atoms with Crippen molar-refractivity contribution in [1.29, 1.82) is 0 Å². The lowest BCUT2D eigenvalue weighted by atomic mass is 10.1. The Morgan fingerprint density at radius 1 is 0.912 bits per heavy atom. The maximum absolute atomic E-state index is 13.2. The Kier molecular flexibility index (Phi) is 8.04. The molecule has 0 bridgehead atoms. The van der Waals surface area contributed by atoms with Gasteiger partial charge < -0.3 is 20.3 Å². The third kappa shape index (κ3) is 5.11. The van der Waals surface area contributed by atoms with Crippen LogP contribution in [0.2, 0.25) is 0 Å². The van der Waals surface area contributed by atoms with Crippen LogP contribution in [0.4, 0.5) is 0 Å². The molecule has 0 atom stereocenters. The maximum Gasteiger partial charge on any atom is 0.265 e. The number of rotatable bonds is 8. The van der Waals surface area contributed by atoms with E-state index in [2.05, 4.69) is 34.6 Å². The Morgan fingerprint density at radius 2 is 1.65 bits per heavy atom. The van der Waals surface area contributed by atoms with E-state index in [0.717, 1.165) is 46.8 Å². The molecule has 1 aromatic heterocycles. The van der Waals surface area contributed by atoms with Gasteiger partial charge in [0.15, 0.2) is 11.5 Å². The Bertz CT molecular complexity index is 1350. The predicted molar refractivity (Wildman–Crippen MR) is 135 cm³/mol. The van der Waals surface area contributed by atoms with Gasteiger partial charge in [-0.15, -0.1) is 0 Å². The minimum atomic E-state index is -0.0419. The summed E-state index contributed by atoms with van der Waals surface area (Å²) in [5.74, 6) is 2.15. The number of hydrogen-bond donors (Lipinski definition) is 1. The van der Waals surface area contributed by atoms with E-state index in [1.54, 1.807) is 18.8 Å². The van der Waals surface area contributed by atoms with Crippen molar-refractivity contribution in [3.05, 3.63) is 93.5 Å². The molecule has 3 aromatic carbocycles. The summed E-state index contributed by atoms with van der Waals surface area (Å²) >= 11 is 0. The van der Waals surface area contributed by atoms with Crippen molar-refractivity contribution in [1.82, 2.24) is 14.9 Å². The molecule has 4 rings (SSSR count). The van der Waals surface area contributed by atoms with E-state index >= 15 is 0 Å². The quantitative estimate of drug-likeness (QED) is 0.405. The highest BCUT2D eigenvalue weighted by atomic mass is 16.5. The van der Waals surface area contributed by atoms with E-state index in [4.69, 9.17) is 9.47 Å². The second kappa shape index (κ2) is 11.0. The Balaban J connectivity index is 0.00000324. The number of methoxy groups -OCH3 is 2. The Hall–Kier alpha value is -3.68. The van der Waals surface area contributed by atoms with E-state index in [1.807, 2.05) is 50.2 Å². The number of para-hydroxylation sites is 1. The van der Waals surface area contributed by atoms with Gasteiger partial charge in [-0.1, -0.05) is 30.3 Å². The topological polar surface area (TPSA) is 96.9 Å². The zero-order chi connectivity index (χ0) is 23.4. The molecule has 0 spiro atoms. The molecular weight excluding hydrogens is 430 g/mol. The molecule has 0 radical (unpaired) electrons. The summed E-state index contributed by atoms with van der Waals surface area (Å²) in [6, 6.07) is 19.7. The summed E-state index contributed by atoms with van der Waals surface area (Å²) in [7, 11) is 3.28. The number of hydrogen-bond acceptors (Lipinski definition) is 5. The van der Waals surface area contributed by atoms with Gasteiger partial charge in [0.2, 0.25) is 0 Å². The van der Waals surface area contributed by atoms with Gasteiger partial charge in [-0.2, -0.15) is 0 Å². The van der Waals surface area contributed by atoms with Crippen LogP contribution >= 0.6 is 0 Å². The molecule has 0 saturated heterocycles. The lowest BCUT2D eigenvalue weighted by molar-refractivity contribution is 0.354. The summed E-state index contributed by atoms with van der Waals surface area (Å²) < 4.78 is 12.4. The van der Waals surface area contributed by atoms with Crippen LogP contribution in [0, 0.1) is 13.8 Å². The molecule has 4 aromatic rings. The summed E-state index contributed by atoms with van der Waals surface area (Å²) in [6.45, 7) is 5.41. The summed E-state index contributed by atoms with van der Waals surface area (Å²) in [5, 5.41) is 4.12. The van der Waals surface area contributed by atoms with Gasteiger partial charge in [0.25, 0.3) is 5.56 Å². The van der Waals surface area contributed by atoms with Crippen LogP contribution in [-0.2, 0) is 13.0 Å². The van der Waals surface area contributed by atoms with Crippen LogP contribution < -0.4 is 20.3 Å². The molecule has 0 aliphatic heterocycles. The molecule has 0 unspecified atom stereocenters. The minimum absolute atomic E-state index is 0. The van der Waals surface area contributed by atoms with Crippen LogP contribution in [0.1, 0.15) is 22.5 Å². The van der Waals surface area contributed by atoms with Gasteiger partial charge in [-0.3, -0.25) is 9.36 Å². The zero-order valence-electron chi connectivity index (χ0n) is 20.0. The molecule has 0 aliphatic rings. The first kappa shape index (κ1) is 25.0. The largest absolute Gasteiger partial charge is 0.493 e. The van der Waals surface area contributed by atoms with E-state index in [9.17, 15) is 4.79 Å². The van der Waals surface area contributed by atoms with Crippen molar-refractivity contribution in [3.63, 3.8) is 0 Å². The fourth-order valence-corrected chi connectivity index (χ4v) is 4.03. The second-order valence-electron chi connectivity index (χ2n) is 8.05. The van der Waals surface area contributed by atoms with Gasteiger partial charge in [-0.25, -0.2) is 4.98 Å². The smallest absolute Gasteiger partial charge is 0.265 e. The van der Waals surface area contributed by atoms with Crippen LogP contribution in [0.3, 0.4) is 0 Å². The van der Waals surface area contributed by atoms with Crippen molar-refractivity contribution < 1.29 is 14.9 Å². The van der Waals surface area contributed by atoms with Crippen molar-refractivity contribution in [2.75, 3.05) is 20.8 Å². The van der Waals surface area contributed by atoms with Crippen molar-refractivity contribution >= 4 is 10.9 Å². The predicted octanol–water partition coefficient (Wildman–Crippen LogP) is 3.53. The van der Waals surface area contributed by atoms with Crippen molar-refractivity contribution in [3.8, 4) is 17.2 Å². The number of benzene rings is 3. The van der Waals surface area contributed by atoms with Crippen LogP contribution in [0.25, 0.3) is 16.6 Å². The second-order valence-corrected chi connectivity index (χ2v) is 8.05. The molecular formula is C27H31N3O4. The molecule has 34 heavy (non-hydrogen) atoms. The monoisotopic (exact) mass is 461 g/mol. The molecule has 7 nitrogen and oxygen atoms in total. The average molecular weight is 462 g/mol. The fraction of sp³-hybridized carbons (Fsp3) is 0.259. The van der Waals surface area contributed by atoms with Gasteiger partial charge in [0, 0.05) is 6.54 Å². The van der Waals surface area contributed by atoms with E-state index in [-0.39, 0.29) is 11.0 Å². The molecule has 0 aliphatic carbocycles. The number of fused-ring (bicyclic) bond motifs is 1. The zero-order valence-corrected chi connectivity index (χ0v) is 20.0. The highest BCUT2D eigenvalue weighted by molar-refractivity contribution is 5.77. The summed E-state index contributed by atoms with van der Waals surface area (Å²) in [5.41, 5.74) is 4.87. The number of nitrogens with zero attached hydrogens (tertiary/aromatic N) is 2. The first-order chi connectivity index (χ1) is 16.0. The van der Waals surface area contributed by atoms with E-state index < -0.39 is 0 Å². The summed E-state index contributed by atoms with van der Waals surface area (Å²) in [4.78, 5) is 17.9. The first-order valence-electron chi connectivity index (χ1n) is 11.0. The molecule has 0 saturated carbocycles. The lowest BCUT2D eigenvalue weighted by Crippen LogP contribution is -2.23. The van der Waals surface area contributed by atoms with E-state index in [0.29, 0.717) is 17.8 Å². The summed E-state index contributed by atoms with van der Waals surface area (Å²) in [6.07, 6.45) is 0.867. The fourth-order valence-electron chi connectivity index (χ4n) is 4.03. The van der Waals surface area contributed by atoms with Gasteiger partial charge in [0.1, 0.15) is 5.82 Å². The normalized spacial score (nSPS) is 10.7. The van der Waals surface area contributed by atoms with Crippen molar-refractivity contribution in [2.45, 2.75) is 26.8 Å². The molecule has 7 heteroatoms. The van der Waals surface area contributed by atoms with Crippen LogP contribution in [-0.4, -0.2) is 35.8 Å². The molecule has 1 heterocycles. The highest BCUT2D eigenvalue weighted by Gasteiger charge is 2.12. The molecule has 0 amide bonds. The van der Waals surface area contributed by atoms with Crippen LogP contribution in [0.5, 0.6) is 11.5 Å². The van der Waals surface area contributed by atoms with Crippen LogP contribution in [0.15, 0.2) is 65.5 Å². The van der Waals surface area contributed by atoms with Gasteiger partial charge in [0.05, 0.1) is 30.8 Å². The standard InChI is InChI=1S/C27H29N3O3.H2O/c1-18-9-10-21(17-28-14-13-20-11-12-25(32-3)26(16-20)33-4)15-24(18)30-19(2)29-23-8-6-5-7-22(23)27(30)31;/h5-12,15-16,28H,13-14,17H2,1-4H3;1H2. The molecule has 3 N–H and O–H groups in total. The first-order valence-corrected chi connectivity index (χ1v) is 11.0. The van der Waals surface area contributed by atoms with Crippen molar-refractivity contribution in [2.24, 2.45) is 0 Å². The molecule has 0 fully saturated rings. The SMILES string of the molecule is COc1ccc(CCNCc2ccc(C)c(-n3c(C)nc4ccccc4c3=O)c2)cc1OC.O. The number of aromatic nitrogens is 2. The third-order valence-corrected chi connectivity index (χ3v) is 5.83. The lowest BCUT2D eigenvalue weighted by Gasteiger charge is -2.15. The third-order valence-electron chi connectivity index (χ3n) is 5.83. The van der Waals surface area contributed by atoms with E-state index in [1.165, 1.54) is 5.56 Å². The highest BCUT2D eigenvalue weighted by Crippen LogP contribution is 2.27. The maximum atomic E-state index is 13.2. The van der Waals surface area contributed by atoms with Gasteiger partial charge >= 0.3 is 0 Å². The average Bonchev–Trinajstić information content (AvgIpc) is 2.83. The van der Waals surface area contributed by atoms with Gasteiger partial charge in [-0.05, 0) is 73.8 Å². The Morgan fingerprint density at radius 3 is 2.41 bits per heavy atom. The number of ether oxygens (including phenoxy) is 2. The minimum Gasteiger partial charge on any atom is -0.493 e. The number of aryl methyl sites for hydroxylation is 2. The molecule has 178 valence electrons.